The van der Waals surface area contributed by atoms with Gasteiger partial charge in [-0.15, -0.1) is 0 Å². The minimum atomic E-state index is -1.41. The van der Waals surface area contributed by atoms with Crippen LogP contribution in [0, 0.1) is 5.92 Å². The van der Waals surface area contributed by atoms with Gasteiger partial charge in [0.15, 0.2) is 0 Å². The van der Waals surface area contributed by atoms with Crippen LogP contribution in [-0.2, 0) is 38.2 Å². The van der Waals surface area contributed by atoms with Crippen LogP contribution in [0.2, 0.25) is 0 Å². The molecule has 0 aliphatic heterocycles. The van der Waals surface area contributed by atoms with Crippen molar-refractivity contribution in [1.82, 2.24) is 10.0 Å². The van der Waals surface area contributed by atoms with E-state index in [1.54, 1.807) is 6.92 Å². The smallest absolute Gasteiger partial charge is 0.324 e. The lowest BCUT2D eigenvalue weighted by Crippen LogP contribution is -2.42. The summed E-state index contributed by atoms with van der Waals surface area (Å²) in [5.41, 5.74) is 2.09. The molecule has 1 amide bonds. The van der Waals surface area contributed by atoms with Crippen LogP contribution in [0.5, 0.6) is 0 Å². The quantitative estimate of drug-likeness (QED) is 0.368. The van der Waals surface area contributed by atoms with E-state index >= 15 is 0 Å². The summed E-state index contributed by atoms with van der Waals surface area (Å²) in [4.78, 5) is 24.5. The van der Waals surface area contributed by atoms with Gasteiger partial charge in [-0.1, -0.05) is 67.6 Å². The van der Waals surface area contributed by atoms with E-state index in [1.807, 2.05) is 67.6 Å². The van der Waals surface area contributed by atoms with Gasteiger partial charge in [0.25, 0.3) is 0 Å². The van der Waals surface area contributed by atoms with Crippen LogP contribution in [0.25, 0.3) is 0 Å². The van der Waals surface area contributed by atoms with Crippen LogP contribution in [0.4, 0.5) is 0 Å². The summed E-state index contributed by atoms with van der Waals surface area (Å²) in [7, 11) is -1.41. The zero-order valence-corrected chi connectivity index (χ0v) is 19.0. The third-order valence-corrected chi connectivity index (χ3v) is 5.97. The summed E-state index contributed by atoms with van der Waals surface area (Å²) in [5.74, 6) is -0.234. The van der Waals surface area contributed by atoms with Crippen molar-refractivity contribution in [2.45, 2.75) is 39.2 Å². The van der Waals surface area contributed by atoms with E-state index in [0.717, 1.165) is 11.1 Å². The SMILES string of the molecule is CCOC(=O)C(Cc1ccccc1)NS(=O)CCCNC(=O)C(C)Cc1ccccc1. The van der Waals surface area contributed by atoms with Gasteiger partial charge in [-0.2, -0.15) is 0 Å². The van der Waals surface area contributed by atoms with Gasteiger partial charge in [-0.3, -0.25) is 9.59 Å². The molecule has 2 rings (SSSR count). The summed E-state index contributed by atoms with van der Waals surface area (Å²) in [6.07, 6.45) is 1.63. The second kappa shape index (κ2) is 13.7. The fourth-order valence-corrected chi connectivity index (χ4v) is 4.15. The highest BCUT2D eigenvalue weighted by Gasteiger charge is 2.22. The zero-order valence-electron chi connectivity index (χ0n) is 18.2. The Labute approximate surface area is 187 Å². The lowest BCUT2D eigenvalue weighted by atomic mass is 10.0. The maximum Gasteiger partial charge on any atom is 0.324 e. The Morgan fingerprint density at radius 1 is 0.968 bits per heavy atom. The number of hydrogen-bond donors (Lipinski definition) is 2. The molecule has 2 N–H and O–H groups in total. The van der Waals surface area contributed by atoms with E-state index in [2.05, 4.69) is 10.0 Å². The number of ether oxygens (including phenoxy) is 1. The van der Waals surface area contributed by atoms with E-state index in [0.29, 0.717) is 31.6 Å². The molecule has 0 aliphatic rings. The van der Waals surface area contributed by atoms with E-state index < -0.39 is 23.0 Å². The van der Waals surface area contributed by atoms with Crippen molar-refractivity contribution in [3.63, 3.8) is 0 Å². The third kappa shape index (κ3) is 9.44. The largest absolute Gasteiger partial charge is 0.465 e. The fourth-order valence-electron chi connectivity index (χ4n) is 3.13. The lowest BCUT2D eigenvalue weighted by Gasteiger charge is -2.17. The number of nitrogens with one attached hydrogen (secondary N) is 2. The van der Waals surface area contributed by atoms with Crippen molar-refractivity contribution in [2.24, 2.45) is 5.92 Å². The molecule has 0 radical (unpaired) electrons. The van der Waals surface area contributed by atoms with Crippen LogP contribution < -0.4 is 10.0 Å². The van der Waals surface area contributed by atoms with Crippen molar-refractivity contribution in [2.75, 3.05) is 18.9 Å². The molecule has 3 atom stereocenters. The summed E-state index contributed by atoms with van der Waals surface area (Å²) >= 11 is 0. The molecular weight excluding hydrogens is 412 g/mol. The van der Waals surface area contributed by atoms with E-state index in [9.17, 15) is 13.8 Å². The summed E-state index contributed by atoms with van der Waals surface area (Å²) in [6.45, 7) is 4.35. The number of hydrogen-bond acceptors (Lipinski definition) is 4. The first-order valence-corrected chi connectivity index (χ1v) is 12.0. The van der Waals surface area contributed by atoms with Gasteiger partial charge in [0, 0.05) is 18.2 Å². The Hall–Kier alpha value is -2.51. The molecular formula is C24H32N2O4S. The zero-order chi connectivity index (χ0) is 22.5. The number of esters is 1. The minimum absolute atomic E-state index is 0.0175. The maximum absolute atomic E-state index is 12.5. The Morgan fingerprint density at radius 3 is 2.13 bits per heavy atom. The van der Waals surface area contributed by atoms with Crippen molar-refractivity contribution in [3.8, 4) is 0 Å². The highest BCUT2D eigenvalue weighted by atomic mass is 32.2. The Balaban J connectivity index is 1.74. The number of carbonyl (C=O) groups is 2. The third-order valence-electron chi connectivity index (χ3n) is 4.77. The molecule has 0 aromatic heterocycles. The molecule has 2 aromatic carbocycles. The molecule has 0 heterocycles. The fraction of sp³-hybridized carbons (Fsp3) is 0.417. The summed E-state index contributed by atoms with van der Waals surface area (Å²) in [6, 6.07) is 18.8. The number of benzene rings is 2. The molecule has 3 unspecified atom stereocenters. The maximum atomic E-state index is 12.5. The molecule has 0 fully saturated rings. The van der Waals surface area contributed by atoms with Crippen molar-refractivity contribution < 1.29 is 18.5 Å². The van der Waals surface area contributed by atoms with Gasteiger partial charge in [0.2, 0.25) is 5.91 Å². The molecule has 0 saturated carbocycles. The van der Waals surface area contributed by atoms with Gasteiger partial charge >= 0.3 is 5.97 Å². The topological polar surface area (TPSA) is 84.5 Å². The highest BCUT2D eigenvalue weighted by molar-refractivity contribution is 7.83. The van der Waals surface area contributed by atoms with Crippen molar-refractivity contribution >= 4 is 22.9 Å². The van der Waals surface area contributed by atoms with E-state index in [4.69, 9.17) is 4.74 Å². The molecule has 7 heteroatoms. The van der Waals surface area contributed by atoms with Crippen LogP contribution in [-0.4, -0.2) is 41.0 Å². The van der Waals surface area contributed by atoms with Crippen molar-refractivity contribution in [3.05, 3.63) is 71.8 Å². The summed E-state index contributed by atoms with van der Waals surface area (Å²) < 4.78 is 20.4. The first-order valence-electron chi connectivity index (χ1n) is 10.7. The number of carbonyl (C=O) groups excluding carboxylic acids is 2. The second-order valence-corrected chi connectivity index (χ2v) is 8.73. The summed E-state index contributed by atoms with van der Waals surface area (Å²) in [5, 5.41) is 2.90. The molecule has 0 saturated heterocycles. The first-order chi connectivity index (χ1) is 15.0. The highest BCUT2D eigenvalue weighted by Crippen LogP contribution is 2.08. The van der Waals surface area contributed by atoms with E-state index in [-0.39, 0.29) is 18.4 Å². The van der Waals surface area contributed by atoms with Crippen molar-refractivity contribution in [1.29, 1.82) is 0 Å². The number of rotatable bonds is 13. The van der Waals surface area contributed by atoms with E-state index in [1.165, 1.54) is 0 Å². The lowest BCUT2D eigenvalue weighted by molar-refractivity contribution is -0.145. The predicted octanol–water partition coefficient (Wildman–Crippen LogP) is 2.80. The molecule has 6 nitrogen and oxygen atoms in total. The van der Waals surface area contributed by atoms with Crippen LogP contribution in [0.15, 0.2) is 60.7 Å². The molecule has 31 heavy (non-hydrogen) atoms. The van der Waals surface area contributed by atoms with Gasteiger partial charge in [-0.05, 0) is 37.3 Å². The average Bonchev–Trinajstić information content (AvgIpc) is 2.77. The van der Waals surface area contributed by atoms with Gasteiger partial charge in [-0.25, -0.2) is 8.93 Å². The monoisotopic (exact) mass is 444 g/mol. The van der Waals surface area contributed by atoms with Crippen LogP contribution in [0.3, 0.4) is 0 Å². The van der Waals surface area contributed by atoms with Crippen LogP contribution >= 0.6 is 0 Å². The Morgan fingerprint density at radius 2 is 1.55 bits per heavy atom. The average molecular weight is 445 g/mol. The molecule has 2 aromatic rings. The number of amides is 1. The second-order valence-electron chi connectivity index (χ2n) is 7.40. The standard InChI is InChI=1S/C24H32N2O4S/c1-3-30-24(28)22(18-21-13-8-5-9-14-21)26-31(29)16-10-15-25-23(27)19(2)17-20-11-6-4-7-12-20/h4-9,11-14,19,22,26H,3,10,15-18H2,1-2H3,(H,25,27). The predicted molar refractivity (Wildman–Crippen MR) is 124 cm³/mol. The molecule has 168 valence electrons. The Bertz CT molecular complexity index is 830. The molecule has 0 aliphatic carbocycles. The minimum Gasteiger partial charge on any atom is -0.465 e. The van der Waals surface area contributed by atoms with Gasteiger partial charge in [0.05, 0.1) is 17.6 Å². The molecule has 0 bridgehead atoms. The van der Waals surface area contributed by atoms with Gasteiger partial charge in [0.1, 0.15) is 6.04 Å². The molecule has 0 spiro atoms. The Kier molecular flexibility index (Phi) is 11.0. The first kappa shape index (κ1) is 24.8. The normalized spacial score (nSPS) is 13.7. The van der Waals surface area contributed by atoms with Gasteiger partial charge < -0.3 is 10.1 Å². The van der Waals surface area contributed by atoms with Crippen LogP contribution in [0.1, 0.15) is 31.4 Å².